The van der Waals surface area contributed by atoms with E-state index < -0.39 is 0 Å². The van der Waals surface area contributed by atoms with Crippen molar-refractivity contribution in [3.63, 3.8) is 0 Å². The zero-order valence-corrected chi connectivity index (χ0v) is 11.0. The summed E-state index contributed by atoms with van der Waals surface area (Å²) in [7, 11) is 0. The summed E-state index contributed by atoms with van der Waals surface area (Å²) in [6.45, 7) is 6.66. The molecule has 1 heterocycles. The van der Waals surface area contributed by atoms with Crippen LogP contribution in [0.5, 0.6) is 0 Å². The number of aromatic nitrogens is 1. The maximum absolute atomic E-state index is 5.63. The van der Waals surface area contributed by atoms with Crippen LogP contribution in [0.25, 0.3) is 0 Å². The minimum absolute atomic E-state index is 0.576. The predicted octanol–water partition coefficient (Wildman–Crippen LogP) is 3.56. The molecule has 0 aliphatic rings. The van der Waals surface area contributed by atoms with Crippen LogP contribution in [0.1, 0.15) is 20.8 Å². The van der Waals surface area contributed by atoms with Crippen LogP contribution >= 0.6 is 27.7 Å². The van der Waals surface area contributed by atoms with Crippen LogP contribution < -0.4 is 5.73 Å². The Balaban J connectivity index is 2.80. The van der Waals surface area contributed by atoms with Crippen LogP contribution in [-0.4, -0.2) is 10.2 Å². The van der Waals surface area contributed by atoms with Crippen molar-refractivity contribution in [2.45, 2.75) is 30.9 Å². The van der Waals surface area contributed by atoms with E-state index in [0.29, 0.717) is 17.0 Å². The molecule has 4 heteroatoms. The minimum atomic E-state index is 0.576. The summed E-state index contributed by atoms with van der Waals surface area (Å²) in [5.74, 6) is 1.23. The molecule has 0 aromatic carbocycles. The first-order valence-electron chi connectivity index (χ1n) is 4.58. The summed E-state index contributed by atoms with van der Waals surface area (Å²) in [6, 6.07) is 1.91. The summed E-state index contributed by atoms with van der Waals surface area (Å²) >= 11 is 5.29. The standard InChI is InChI=1S/C10H15BrN2S/c1-6(2)7(3)14-9-4-10(12)13-5-8(9)11/h4-7H,1-3H3,(H2,12,13). The molecule has 78 valence electrons. The molecule has 1 atom stereocenters. The van der Waals surface area contributed by atoms with Crippen molar-refractivity contribution in [2.24, 2.45) is 5.92 Å². The van der Waals surface area contributed by atoms with Gasteiger partial charge in [-0.1, -0.05) is 20.8 Å². The molecule has 1 unspecified atom stereocenters. The van der Waals surface area contributed by atoms with E-state index >= 15 is 0 Å². The Hall–Kier alpha value is -0.220. The SMILES string of the molecule is CC(C)C(C)Sc1cc(N)ncc1Br. The minimum Gasteiger partial charge on any atom is -0.384 e. The molecule has 0 aliphatic carbocycles. The van der Waals surface area contributed by atoms with Gasteiger partial charge in [0, 0.05) is 20.8 Å². The van der Waals surface area contributed by atoms with E-state index in [0.717, 1.165) is 4.47 Å². The van der Waals surface area contributed by atoms with Crippen LogP contribution in [0.15, 0.2) is 21.6 Å². The van der Waals surface area contributed by atoms with Crippen molar-refractivity contribution in [3.8, 4) is 0 Å². The Morgan fingerprint density at radius 1 is 1.43 bits per heavy atom. The lowest BCUT2D eigenvalue weighted by atomic mass is 10.2. The smallest absolute Gasteiger partial charge is 0.124 e. The van der Waals surface area contributed by atoms with E-state index in [-0.39, 0.29) is 0 Å². The topological polar surface area (TPSA) is 38.9 Å². The Bertz CT molecular complexity index is 315. The molecule has 1 aromatic heterocycles. The molecule has 0 fully saturated rings. The van der Waals surface area contributed by atoms with Gasteiger partial charge in [0.25, 0.3) is 0 Å². The molecule has 2 nitrogen and oxygen atoms in total. The van der Waals surface area contributed by atoms with Crippen molar-refractivity contribution in [2.75, 3.05) is 5.73 Å². The van der Waals surface area contributed by atoms with Crippen LogP contribution in [0.3, 0.4) is 0 Å². The number of nitrogen functional groups attached to an aromatic ring is 1. The second-order valence-electron chi connectivity index (χ2n) is 3.61. The Labute approximate surface area is 97.8 Å². The number of rotatable bonds is 3. The van der Waals surface area contributed by atoms with Crippen molar-refractivity contribution in [3.05, 3.63) is 16.7 Å². The lowest BCUT2D eigenvalue weighted by molar-refractivity contribution is 0.642. The average molecular weight is 275 g/mol. The third kappa shape index (κ3) is 3.17. The quantitative estimate of drug-likeness (QED) is 0.857. The second kappa shape index (κ2) is 5.03. The molecule has 0 amide bonds. The molecule has 1 aromatic rings. The van der Waals surface area contributed by atoms with E-state index in [1.165, 1.54) is 4.90 Å². The van der Waals surface area contributed by atoms with E-state index in [4.69, 9.17) is 5.73 Å². The summed E-state index contributed by atoms with van der Waals surface area (Å²) in [4.78, 5) is 5.17. The first kappa shape index (κ1) is 11.9. The molecule has 0 bridgehead atoms. The molecule has 0 saturated carbocycles. The molecule has 0 saturated heterocycles. The average Bonchev–Trinajstić information content (AvgIpc) is 2.11. The first-order chi connectivity index (χ1) is 6.50. The fraction of sp³-hybridized carbons (Fsp3) is 0.500. The van der Waals surface area contributed by atoms with Gasteiger partial charge in [-0.25, -0.2) is 4.98 Å². The maximum Gasteiger partial charge on any atom is 0.124 e. The monoisotopic (exact) mass is 274 g/mol. The molecular weight excluding hydrogens is 260 g/mol. The molecule has 0 radical (unpaired) electrons. The number of anilines is 1. The van der Waals surface area contributed by atoms with Crippen molar-refractivity contribution in [1.82, 2.24) is 4.98 Å². The van der Waals surface area contributed by atoms with Gasteiger partial charge in [-0.05, 0) is 27.9 Å². The third-order valence-electron chi connectivity index (χ3n) is 2.09. The molecular formula is C10H15BrN2S. The van der Waals surface area contributed by atoms with Crippen molar-refractivity contribution in [1.29, 1.82) is 0 Å². The first-order valence-corrected chi connectivity index (χ1v) is 6.25. The van der Waals surface area contributed by atoms with Gasteiger partial charge in [-0.2, -0.15) is 0 Å². The third-order valence-corrected chi connectivity index (χ3v) is 4.50. The second-order valence-corrected chi connectivity index (χ2v) is 5.88. The largest absolute Gasteiger partial charge is 0.384 e. The predicted molar refractivity (Wildman–Crippen MR) is 66.5 cm³/mol. The summed E-state index contributed by atoms with van der Waals surface area (Å²) in [6.07, 6.45) is 1.75. The zero-order valence-electron chi connectivity index (χ0n) is 8.62. The number of halogens is 1. The van der Waals surface area contributed by atoms with Crippen LogP contribution in [0.4, 0.5) is 5.82 Å². The number of nitrogens with zero attached hydrogens (tertiary/aromatic N) is 1. The highest BCUT2D eigenvalue weighted by Gasteiger charge is 2.11. The number of thioether (sulfide) groups is 1. The van der Waals surface area contributed by atoms with E-state index in [2.05, 4.69) is 41.7 Å². The summed E-state index contributed by atoms with van der Waals surface area (Å²) in [5, 5.41) is 0.577. The number of nitrogens with two attached hydrogens (primary N) is 1. The van der Waals surface area contributed by atoms with Crippen molar-refractivity contribution < 1.29 is 0 Å². The van der Waals surface area contributed by atoms with Crippen LogP contribution in [0.2, 0.25) is 0 Å². The van der Waals surface area contributed by atoms with Gasteiger partial charge in [0.15, 0.2) is 0 Å². The van der Waals surface area contributed by atoms with E-state index in [1.54, 1.807) is 6.20 Å². The lowest BCUT2D eigenvalue weighted by Gasteiger charge is -2.15. The van der Waals surface area contributed by atoms with Crippen LogP contribution in [-0.2, 0) is 0 Å². The van der Waals surface area contributed by atoms with Gasteiger partial charge >= 0.3 is 0 Å². The molecule has 0 spiro atoms. The van der Waals surface area contributed by atoms with E-state index in [1.807, 2.05) is 17.8 Å². The van der Waals surface area contributed by atoms with E-state index in [9.17, 15) is 0 Å². The van der Waals surface area contributed by atoms with Gasteiger partial charge in [-0.15, -0.1) is 11.8 Å². The van der Waals surface area contributed by atoms with Gasteiger partial charge in [0.05, 0.1) is 0 Å². The highest BCUT2D eigenvalue weighted by molar-refractivity contribution is 9.10. The lowest BCUT2D eigenvalue weighted by Crippen LogP contribution is -2.05. The highest BCUT2D eigenvalue weighted by atomic mass is 79.9. The van der Waals surface area contributed by atoms with Gasteiger partial charge in [0.2, 0.25) is 0 Å². The molecule has 14 heavy (non-hydrogen) atoms. The molecule has 1 rings (SSSR count). The number of hydrogen-bond acceptors (Lipinski definition) is 3. The summed E-state index contributed by atoms with van der Waals surface area (Å²) < 4.78 is 1.02. The summed E-state index contributed by atoms with van der Waals surface area (Å²) in [5.41, 5.74) is 5.63. The van der Waals surface area contributed by atoms with Gasteiger partial charge in [-0.3, -0.25) is 0 Å². The maximum atomic E-state index is 5.63. The van der Waals surface area contributed by atoms with Crippen LogP contribution in [0, 0.1) is 5.92 Å². The molecule has 0 aliphatic heterocycles. The number of pyridine rings is 1. The fourth-order valence-electron chi connectivity index (χ4n) is 0.862. The Morgan fingerprint density at radius 2 is 2.07 bits per heavy atom. The van der Waals surface area contributed by atoms with Gasteiger partial charge < -0.3 is 5.73 Å². The molecule has 2 N–H and O–H groups in total. The Morgan fingerprint density at radius 3 is 2.64 bits per heavy atom. The number of hydrogen-bond donors (Lipinski definition) is 1. The highest BCUT2D eigenvalue weighted by Crippen LogP contribution is 2.33. The fourth-order valence-corrected chi connectivity index (χ4v) is 2.39. The normalized spacial score (nSPS) is 13.2. The van der Waals surface area contributed by atoms with Crippen molar-refractivity contribution >= 4 is 33.5 Å². The Kier molecular flexibility index (Phi) is 4.26. The zero-order chi connectivity index (χ0) is 10.7. The van der Waals surface area contributed by atoms with Gasteiger partial charge in [0.1, 0.15) is 5.82 Å².